The molecule has 9 heteroatoms. The summed E-state index contributed by atoms with van der Waals surface area (Å²) in [4.78, 5) is 19.6. The van der Waals surface area contributed by atoms with Crippen molar-refractivity contribution in [3.8, 4) is 0 Å². The Bertz CT molecular complexity index is 1170. The molecule has 1 amide bonds. The highest BCUT2D eigenvalue weighted by atomic mass is 32.1. The van der Waals surface area contributed by atoms with Gasteiger partial charge in [0.05, 0.1) is 33.6 Å². The molecular formula is C19H16FN5OS2. The lowest BCUT2D eigenvalue weighted by Crippen LogP contribution is -2.40. The minimum Gasteiger partial charge on any atom is -0.347 e. The van der Waals surface area contributed by atoms with Crippen molar-refractivity contribution in [2.45, 2.75) is 12.8 Å². The van der Waals surface area contributed by atoms with E-state index in [-0.39, 0.29) is 17.6 Å². The Kier molecular flexibility index (Phi) is 4.40. The largest absolute Gasteiger partial charge is 0.347 e. The smallest absolute Gasteiger partial charge is 0.229 e. The standard InChI is InChI=1S/C19H16FN5OS2/c20-12-6-7-13-16(9-12)27-19(22-13)25-8-2-3-11(10-25)18(26)21-14-4-1-5-15-17(14)24-28-23-15/h1,4-7,9,11H,2-3,8,10H2,(H,21,26). The van der Waals surface area contributed by atoms with E-state index in [9.17, 15) is 9.18 Å². The first-order valence-corrected chi connectivity index (χ1v) is 10.6. The number of hydrogen-bond donors (Lipinski definition) is 1. The van der Waals surface area contributed by atoms with Crippen molar-refractivity contribution in [3.05, 3.63) is 42.2 Å². The zero-order chi connectivity index (χ0) is 19.1. The molecule has 0 bridgehead atoms. The zero-order valence-corrected chi connectivity index (χ0v) is 16.4. The molecule has 6 nitrogen and oxygen atoms in total. The summed E-state index contributed by atoms with van der Waals surface area (Å²) in [6.45, 7) is 1.44. The maximum absolute atomic E-state index is 13.5. The predicted octanol–water partition coefficient (Wildman–Crippen LogP) is 4.30. The predicted molar refractivity (Wildman–Crippen MR) is 111 cm³/mol. The molecule has 1 saturated heterocycles. The van der Waals surface area contributed by atoms with E-state index in [4.69, 9.17) is 0 Å². The molecule has 2 aromatic carbocycles. The Morgan fingerprint density at radius 1 is 1.21 bits per heavy atom. The van der Waals surface area contributed by atoms with Gasteiger partial charge in [0.15, 0.2) is 5.13 Å². The molecule has 3 heterocycles. The van der Waals surface area contributed by atoms with Crippen LogP contribution < -0.4 is 10.2 Å². The van der Waals surface area contributed by atoms with Crippen molar-refractivity contribution in [1.82, 2.24) is 13.7 Å². The normalized spacial score (nSPS) is 17.3. The van der Waals surface area contributed by atoms with E-state index in [0.717, 1.165) is 57.5 Å². The Hall–Kier alpha value is -2.65. The number of hydrogen-bond acceptors (Lipinski definition) is 7. The topological polar surface area (TPSA) is 71.0 Å². The second kappa shape index (κ2) is 7.06. The summed E-state index contributed by atoms with van der Waals surface area (Å²) < 4.78 is 22.8. The van der Waals surface area contributed by atoms with E-state index >= 15 is 0 Å². The molecule has 1 atom stereocenters. The lowest BCUT2D eigenvalue weighted by Gasteiger charge is -2.31. The summed E-state index contributed by atoms with van der Waals surface area (Å²) in [6, 6.07) is 10.2. The van der Waals surface area contributed by atoms with Crippen LogP contribution in [0.1, 0.15) is 12.8 Å². The number of halogens is 1. The highest BCUT2D eigenvalue weighted by Crippen LogP contribution is 2.32. The number of carbonyl (C=O) groups is 1. The van der Waals surface area contributed by atoms with E-state index < -0.39 is 0 Å². The van der Waals surface area contributed by atoms with Gasteiger partial charge in [-0.25, -0.2) is 9.37 Å². The first-order valence-electron chi connectivity index (χ1n) is 9.00. The molecule has 5 rings (SSSR count). The summed E-state index contributed by atoms with van der Waals surface area (Å²) >= 11 is 2.60. The highest BCUT2D eigenvalue weighted by molar-refractivity contribution is 7.22. The number of aromatic nitrogens is 3. The van der Waals surface area contributed by atoms with Gasteiger partial charge in [-0.05, 0) is 43.2 Å². The molecule has 0 saturated carbocycles. The number of fused-ring (bicyclic) bond motifs is 2. The fourth-order valence-electron chi connectivity index (χ4n) is 3.53. The molecule has 2 aromatic heterocycles. The maximum Gasteiger partial charge on any atom is 0.229 e. The van der Waals surface area contributed by atoms with E-state index in [1.807, 2.05) is 18.2 Å². The number of amides is 1. The van der Waals surface area contributed by atoms with Crippen LogP contribution in [0.2, 0.25) is 0 Å². The van der Waals surface area contributed by atoms with Crippen LogP contribution in [0.3, 0.4) is 0 Å². The lowest BCUT2D eigenvalue weighted by molar-refractivity contribution is -0.120. The number of nitrogens with one attached hydrogen (secondary N) is 1. The lowest BCUT2D eigenvalue weighted by atomic mass is 9.97. The Labute approximate surface area is 168 Å². The number of rotatable bonds is 3. The Balaban J connectivity index is 1.34. The second-order valence-corrected chi connectivity index (χ2v) is 8.36. The molecule has 28 heavy (non-hydrogen) atoms. The first kappa shape index (κ1) is 17.4. The summed E-state index contributed by atoms with van der Waals surface area (Å²) in [6.07, 6.45) is 1.73. The van der Waals surface area contributed by atoms with E-state index in [1.54, 1.807) is 6.07 Å². The van der Waals surface area contributed by atoms with Crippen LogP contribution in [-0.2, 0) is 4.79 Å². The van der Waals surface area contributed by atoms with Gasteiger partial charge in [-0.15, -0.1) is 0 Å². The molecular weight excluding hydrogens is 397 g/mol. The van der Waals surface area contributed by atoms with Crippen molar-refractivity contribution in [1.29, 1.82) is 0 Å². The Morgan fingerprint density at radius 2 is 2.14 bits per heavy atom. The maximum atomic E-state index is 13.5. The van der Waals surface area contributed by atoms with Crippen LogP contribution in [0.5, 0.6) is 0 Å². The fourth-order valence-corrected chi connectivity index (χ4v) is 5.10. The van der Waals surface area contributed by atoms with Crippen molar-refractivity contribution in [2.75, 3.05) is 23.3 Å². The number of nitrogens with zero attached hydrogens (tertiary/aromatic N) is 4. The fraction of sp³-hybridized carbons (Fsp3) is 0.263. The molecule has 1 fully saturated rings. The monoisotopic (exact) mass is 413 g/mol. The minimum absolute atomic E-state index is 0.0163. The third kappa shape index (κ3) is 3.20. The van der Waals surface area contributed by atoms with Crippen molar-refractivity contribution < 1.29 is 9.18 Å². The molecule has 0 radical (unpaired) electrons. The number of thiazole rings is 1. The van der Waals surface area contributed by atoms with Gasteiger partial charge in [0.1, 0.15) is 16.9 Å². The Morgan fingerprint density at radius 3 is 3.07 bits per heavy atom. The van der Waals surface area contributed by atoms with E-state index in [0.29, 0.717) is 12.2 Å². The third-order valence-corrected chi connectivity index (χ3v) is 6.57. The van der Waals surface area contributed by atoms with Crippen LogP contribution in [-0.4, -0.2) is 32.7 Å². The number of carbonyl (C=O) groups excluding carboxylic acids is 1. The zero-order valence-electron chi connectivity index (χ0n) is 14.8. The number of benzene rings is 2. The first-order chi connectivity index (χ1) is 13.7. The molecule has 1 N–H and O–H groups in total. The van der Waals surface area contributed by atoms with Gasteiger partial charge in [-0.2, -0.15) is 8.75 Å². The summed E-state index contributed by atoms with van der Waals surface area (Å²) in [5.74, 6) is -0.416. The summed E-state index contributed by atoms with van der Waals surface area (Å²) in [5.41, 5.74) is 3.00. The van der Waals surface area contributed by atoms with Crippen molar-refractivity contribution in [2.24, 2.45) is 5.92 Å². The van der Waals surface area contributed by atoms with E-state index in [1.165, 1.54) is 23.5 Å². The van der Waals surface area contributed by atoms with Crippen LogP contribution in [0.25, 0.3) is 21.3 Å². The number of piperidine rings is 1. The van der Waals surface area contributed by atoms with Gasteiger partial charge >= 0.3 is 0 Å². The van der Waals surface area contributed by atoms with Crippen molar-refractivity contribution in [3.63, 3.8) is 0 Å². The summed E-state index contributed by atoms with van der Waals surface area (Å²) in [7, 11) is 0. The average Bonchev–Trinajstić information content (AvgIpc) is 3.35. The van der Waals surface area contributed by atoms with Gasteiger partial charge < -0.3 is 10.2 Å². The second-order valence-electron chi connectivity index (χ2n) is 6.82. The molecule has 1 aliphatic rings. The quantitative estimate of drug-likeness (QED) is 0.542. The van der Waals surface area contributed by atoms with Crippen LogP contribution in [0.4, 0.5) is 15.2 Å². The SMILES string of the molecule is O=C(Nc1cccc2nsnc12)C1CCCN(c2nc3ccc(F)cc3s2)C1. The minimum atomic E-state index is -0.260. The van der Waals surface area contributed by atoms with Gasteiger partial charge in [0.2, 0.25) is 5.91 Å². The van der Waals surface area contributed by atoms with Gasteiger partial charge in [0, 0.05) is 13.1 Å². The van der Waals surface area contributed by atoms with Gasteiger partial charge in [0.25, 0.3) is 0 Å². The van der Waals surface area contributed by atoms with Gasteiger partial charge in [-0.1, -0.05) is 17.4 Å². The van der Waals surface area contributed by atoms with E-state index in [2.05, 4.69) is 23.9 Å². The van der Waals surface area contributed by atoms with Crippen LogP contribution >= 0.6 is 23.1 Å². The molecule has 1 aliphatic heterocycles. The van der Waals surface area contributed by atoms with Crippen LogP contribution in [0, 0.1) is 11.7 Å². The molecule has 4 aromatic rings. The molecule has 0 aliphatic carbocycles. The molecule has 0 spiro atoms. The number of anilines is 2. The highest BCUT2D eigenvalue weighted by Gasteiger charge is 2.28. The van der Waals surface area contributed by atoms with Crippen LogP contribution in [0.15, 0.2) is 36.4 Å². The summed E-state index contributed by atoms with van der Waals surface area (Å²) in [5, 5.41) is 3.86. The van der Waals surface area contributed by atoms with Gasteiger partial charge in [-0.3, -0.25) is 4.79 Å². The third-order valence-electron chi connectivity index (χ3n) is 4.95. The average molecular weight is 414 g/mol. The van der Waals surface area contributed by atoms with Crippen molar-refractivity contribution >= 4 is 61.0 Å². The molecule has 1 unspecified atom stereocenters. The molecule has 142 valence electrons.